The molecular formula is C14H14ClN3S. The van der Waals surface area contributed by atoms with E-state index < -0.39 is 0 Å². The van der Waals surface area contributed by atoms with E-state index in [4.69, 9.17) is 11.6 Å². The van der Waals surface area contributed by atoms with E-state index in [1.165, 1.54) is 10.4 Å². The minimum Gasteiger partial charge on any atom is -0.306 e. The molecule has 0 radical (unpaired) electrons. The SMILES string of the molecule is Cc1ccc2nc(CCl)n(Cc3sccc3C)c2n1. The van der Waals surface area contributed by atoms with Crippen LogP contribution in [0.15, 0.2) is 23.6 Å². The van der Waals surface area contributed by atoms with E-state index in [0.29, 0.717) is 5.88 Å². The molecule has 0 aliphatic heterocycles. The number of rotatable bonds is 3. The molecule has 0 aliphatic rings. The number of fused-ring (bicyclic) bond motifs is 1. The molecule has 0 amide bonds. The van der Waals surface area contributed by atoms with E-state index in [-0.39, 0.29) is 0 Å². The van der Waals surface area contributed by atoms with Gasteiger partial charge in [0.1, 0.15) is 11.3 Å². The molecule has 0 bridgehead atoms. The van der Waals surface area contributed by atoms with E-state index in [0.717, 1.165) is 29.2 Å². The quantitative estimate of drug-likeness (QED) is 0.685. The molecule has 0 saturated heterocycles. The minimum absolute atomic E-state index is 0.403. The van der Waals surface area contributed by atoms with Gasteiger partial charge in [-0.05, 0) is 43.0 Å². The second-order valence-electron chi connectivity index (χ2n) is 4.57. The highest BCUT2D eigenvalue weighted by Gasteiger charge is 2.13. The zero-order valence-electron chi connectivity index (χ0n) is 10.9. The number of hydrogen-bond acceptors (Lipinski definition) is 3. The van der Waals surface area contributed by atoms with Crippen molar-refractivity contribution in [3.05, 3.63) is 45.5 Å². The number of aromatic nitrogens is 3. The van der Waals surface area contributed by atoms with Crippen molar-refractivity contribution >= 4 is 34.1 Å². The van der Waals surface area contributed by atoms with Crippen molar-refractivity contribution in [1.29, 1.82) is 0 Å². The zero-order valence-corrected chi connectivity index (χ0v) is 12.4. The van der Waals surface area contributed by atoms with Gasteiger partial charge in [0.2, 0.25) is 0 Å². The molecule has 0 atom stereocenters. The highest BCUT2D eigenvalue weighted by molar-refractivity contribution is 7.10. The third kappa shape index (κ3) is 2.26. The van der Waals surface area contributed by atoms with E-state index >= 15 is 0 Å². The molecule has 0 unspecified atom stereocenters. The van der Waals surface area contributed by atoms with Crippen molar-refractivity contribution in [2.45, 2.75) is 26.3 Å². The van der Waals surface area contributed by atoms with Crippen molar-refractivity contribution in [3.8, 4) is 0 Å². The first-order valence-electron chi connectivity index (χ1n) is 6.10. The number of hydrogen-bond donors (Lipinski definition) is 0. The van der Waals surface area contributed by atoms with Gasteiger partial charge in [-0.1, -0.05) is 0 Å². The summed E-state index contributed by atoms with van der Waals surface area (Å²) in [5, 5.41) is 2.11. The van der Waals surface area contributed by atoms with Gasteiger partial charge in [-0.15, -0.1) is 22.9 Å². The van der Waals surface area contributed by atoms with Crippen LogP contribution in [0.25, 0.3) is 11.2 Å². The fraction of sp³-hybridized carbons (Fsp3) is 0.286. The Balaban J connectivity index is 2.15. The van der Waals surface area contributed by atoms with Gasteiger partial charge < -0.3 is 4.57 Å². The van der Waals surface area contributed by atoms with Gasteiger partial charge >= 0.3 is 0 Å². The average molecular weight is 292 g/mol. The van der Waals surface area contributed by atoms with Gasteiger partial charge in [-0.3, -0.25) is 0 Å². The topological polar surface area (TPSA) is 30.7 Å². The summed E-state index contributed by atoms with van der Waals surface area (Å²) >= 11 is 7.78. The average Bonchev–Trinajstić information content (AvgIpc) is 2.95. The molecule has 3 rings (SSSR count). The zero-order chi connectivity index (χ0) is 13.4. The maximum absolute atomic E-state index is 6.02. The second-order valence-corrected chi connectivity index (χ2v) is 5.84. The number of pyridine rings is 1. The lowest BCUT2D eigenvalue weighted by Gasteiger charge is -2.06. The monoisotopic (exact) mass is 291 g/mol. The maximum atomic E-state index is 6.02. The Morgan fingerprint density at radius 3 is 2.74 bits per heavy atom. The molecule has 0 aliphatic carbocycles. The first-order chi connectivity index (χ1) is 9.19. The molecule has 0 aromatic carbocycles. The predicted octanol–water partition coefficient (Wildman–Crippen LogP) is 3.90. The summed E-state index contributed by atoms with van der Waals surface area (Å²) < 4.78 is 2.12. The molecule has 0 saturated carbocycles. The summed E-state index contributed by atoms with van der Waals surface area (Å²) in [4.78, 5) is 10.5. The molecular weight excluding hydrogens is 278 g/mol. The van der Waals surface area contributed by atoms with E-state index in [1.54, 1.807) is 11.3 Å². The van der Waals surface area contributed by atoms with Crippen LogP contribution in [-0.4, -0.2) is 14.5 Å². The standard InChI is InChI=1S/C14H14ClN3S/c1-9-5-6-19-12(9)8-18-13(7-15)17-11-4-3-10(2)16-14(11)18/h3-6H,7-8H2,1-2H3. The summed E-state index contributed by atoms with van der Waals surface area (Å²) in [6, 6.07) is 6.12. The molecule has 3 nitrogen and oxygen atoms in total. The minimum atomic E-state index is 0.403. The summed E-state index contributed by atoms with van der Waals surface area (Å²) in [6.07, 6.45) is 0. The fourth-order valence-corrected chi connectivity index (χ4v) is 3.22. The Kier molecular flexibility index (Phi) is 3.29. The molecule has 0 N–H and O–H groups in total. The van der Waals surface area contributed by atoms with Crippen LogP contribution in [-0.2, 0) is 12.4 Å². The van der Waals surface area contributed by atoms with Gasteiger partial charge in [0, 0.05) is 10.6 Å². The molecule has 3 aromatic heterocycles. The number of alkyl halides is 1. The van der Waals surface area contributed by atoms with Crippen molar-refractivity contribution < 1.29 is 0 Å². The Labute approximate surface area is 120 Å². The van der Waals surface area contributed by atoms with E-state index in [1.807, 2.05) is 19.1 Å². The molecule has 3 aromatic rings. The molecule has 19 heavy (non-hydrogen) atoms. The van der Waals surface area contributed by atoms with Crippen LogP contribution in [0.3, 0.4) is 0 Å². The van der Waals surface area contributed by atoms with E-state index in [2.05, 4.69) is 32.9 Å². The summed E-state index contributed by atoms with van der Waals surface area (Å²) in [6.45, 7) is 4.91. The van der Waals surface area contributed by atoms with Crippen LogP contribution < -0.4 is 0 Å². The Hall–Kier alpha value is -1.39. The molecule has 0 fully saturated rings. The summed E-state index contributed by atoms with van der Waals surface area (Å²) in [7, 11) is 0. The van der Waals surface area contributed by atoms with Crippen molar-refractivity contribution in [2.24, 2.45) is 0 Å². The summed E-state index contributed by atoms with van der Waals surface area (Å²) in [5.41, 5.74) is 4.14. The first-order valence-corrected chi connectivity index (χ1v) is 7.52. The van der Waals surface area contributed by atoms with Crippen LogP contribution in [0.1, 0.15) is 22.0 Å². The van der Waals surface area contributed by atoms with Crippen LogP contribution in [0.5, 0.6) is 0 Å². The van der Waals surface area contributed by atoms with Gasteiger partial charge in [-0.2, -0.15) is 0 Å². The van der Waals surface area contributed by atoms with Gasteiger partial charge in [0.25, 0.3) is 0 Å². The maximum Gasteiger partial charge on any atom is 0.160 e. The molecule has 98 valence electrons. The smallest absolute Gasteiger partial charge is 0.160 e. The highest BCUT2D eigenvalue weighted by Crippen LogP contribution is 2.22. The van der Waals surface area contributed by atoms with Crippen LogP contribution in [0.2, 0.25) is 0 Å². The largest absolute Gasteiger partial charge is 0.306 e. The Bertz CT molecular complexity index is 729. The highest BCUT2D eigenvalue weighted by atomic mass is 35.5. The van der Waals surface area contributed by atoms with Crippen molar-refractivity contribution in [1.82, 2.24) is 14.5 Å². The van der Waals surface area contributed by atoms with Crippen LogP contribution in [0, 0.1) is 13.8 Å². The van der Waals surface area contributed by atoms with Gasteiger partial charge in [-0.25, -0.2) is 9.97 Å². The number of halogens is 1. The number of thiophene rings is 1. The molecule has 3 heterocycles. The van der Waals surface area contributed by atoms with Crippen LogP contribution >= 0.6 is 22.9 Å². The van der Waals surface area contributed by atoms with E-state index in [9.17, 15) is 0 Å². The third-order valence-electron chi connectivity index (χ3n) is 3.20. The Morgan fingerprint density at radius 1 is 1.21 bits per heavy atom. The number of nitrogens with zero attached hydrogens (tertiary/aromatic N) is 3. The van der Waals surface area contributed by atoms with Gasteiger partial charge in [0.05, 0.1) is 12.4 Å². The predicted molar refractivity (Wildman–Crippen MR) is 80.0 cm³/mol. The third-order valence-corrected chi connectivity index (χ3v) is 4.45. The first kappa shape index (κ1) is 12.6. The van der Waals surface area contributed by atoms with Crippen LogP contribution in [0.4, 0.5) is 0 Å². The van der Waals surface area contributed by atoms with Gasteiger partial charge in [0.15, 0.2) is 5.65 Å². The van der Waals surface area contributed by atoms with Crippen molar-refractivity contribution in [3.63, 3.8) is 0 Å². The Morgan fingerprint density at radius 2 is 2.05 bits per heavy atom. The molecule has 0 spiro atoms. The second kappa shape index (κ2) is 4.94. The summed E-state index contributed by atoms with van der Waals surface area (Å²) in [5.74, 6) is 1.28. The number of aryl methyl sites for hydroxylation is 2. The normalized spacial score (nSPS) is 11.3. The molecule has 5 heteroatoms. The number of imidazole rings is 1. The lowest BCUT2D eigenvalue weighted by atomic mass is 10.3. The lowest BCUT2D eigenvalue weighted by Crippen LogP contribution is -2.04. The van der Waals surface area contributed by atoms with Crippen molar-refractivity contribution in [2.75, 3.05) is 0 Å². The fourth-order valence-electron chi connectivity index (χ4n) is 2.12. The lowest BCUT2D eigenvalue weighted by molar-refractivity contribution is 0.776.